The van der Waals surface area contributed by atoms with Gasteiger partial charge < -0.3 is 0 Å². The van der Waals surface area contributed by atoms with Crippen molar-refractivity contribution < 1.29 is 17.6 Å². The summed E-state index contributed by atoms with van der Waals surface area (Å²) in [5.41, 5.74) is 2.60. The summed E-state index contributed by atoms with van der Waals surface area (Å²) in [6.07, 6.45) is -3.22. The average molecular weight is 357 g/mol. The van der Waals surface area contributed by atoms with Crippen LogP contribution in [0.5, 0.6) is 0 Å². The number of aromatic nitrogens is 3. The van der Waals surface area contributed by atoms with Crippen LogP contribution in [0.2, 0.25) is 0 Å². The fraction of sp³-hybridized carbons (Fsp3) is 0.0526. The summed E-state index contributed by atoms with van der Waals surface area (Å²) in [7, 11) is 0. The molecule has 26 heavy (non-hydrogen) atoms. The van der Waals surface area contributed by atoms with Crippen molar-refractivity contribution in [2.45, 2.75) is 6.18 Å². The lowest BCUT2D eigenvalue weighted by Crippen LogP contribution is -2.07. The Hall–Kier alpha value is -3.22. The monoisotopic (exact) mass is 357 g/mol. The van der Waals surface area contributed by atoms with Crippen molar-refractivity contribution in [2.24, 2.45) is 0 Å². The van der Waals surface area contributed by atoms with Gasteiger partial charge in [0.1, 0.15) is 5.82 Å². The minimum Gasteiger partial charge on any atom is -0.220 e. The van der Waals surface area contributed by atoms with Crippen LogP contribution in [0.4, 0.5) is 17.6 Å². The van der Waals surface area contributed by atoms with E-state index in [2.05, 4.69) is 10.1 Å². The normalized spacial score (nSPS) is 11.8. The lowest BCUT2D eigenvalue weighted by molar-refractivity contribution is -0.144. The summed E-state index contributed by atoms with van der Waals surface area (Å²) in [5, 5.41) is 3.54. The third kappa shape index (κ3) is 2.81. The molecule has 2 heterocycles. The largest absolute Gasteiger partial charge is 0.453 e. The molecular weight excluding hydrogens is 346 g/mol. The molecule has 0 saturated heterocycles. The molecule has 0 bridgehead atoms. The highest BCUT2D eigenvalue weighted by atomic mass is 19.4. The Morgan fingerprint density at radius 1 is 0.808 bits per heavy atom. The highest BCUT2D eigenvalue weighted by Gasteiger charge is 2.36. The van der Waals surface area contributed by atoms with Gasteiger partial charge in [-0.05, 0) is 34.9 Å². The van der Waals surface area contributed by atoms with Crippen LogP contribution in [0, 0.1) is 5.82 Å². The third-order valence-electron chi connectivity index (χ3n) is 3.98. The molecule has 4 rings (SSSR count). The van der Waals surface area contributed by atoms with E-state index in [1.54, 1.807) is 42.5 Å². The molecular formula is C19H11F4N3. The minimum absolute atomic E-state index is 0.0883. The fourth-order valence-corrected chi connectivity index (χ4v) is 2.83. The molecule has 0 aliphatic heterocycles. The van der Waals surface area contributed by atoms with Gasteiger partial charge in [-0.2, -0.15) is 13.2 Å². The third-order valence-corrected chi connectivity index (χ3v) is 3.98. The number of hydrogen-bond donors (Lipinski definition) is 0. The Labute approximate surface area is 145 Å². The first kappa shape index (κ1) is 16.3. The topological polar surface area (TPSA) is 30.2 Å². The molecule has 0 spiro atoms. The maximum absolute atomic E-state index is 13.3. The molecule has 7 heteroatoms. The molecule has 0 fully saturated rings. The van der Waals surface area contributed by atoms with E-state index in [0.29, 0.717) is 22.3 Å². The maximum Gasteiger partial charge on any atom is 0.453 e. The van der Waals surface area contributed by atoms with Gasteiger partial charge in [0.25, 0.3) is 5.82 Å². The number of fused-ring (bicyclic) bond motifs is 1. The Bertz CT molecular complexity index is 1070. The summed E-state index contributed by atoms with van der Waals surface area (Å²) >= 11 is 0. The standard InChI is InChI=1S/C19H11F4N3/c20-14-8-6-12(7-9-14)15-10-11-26-17(24-18(25-26)19(21,22)23)16(15)13-4-2-1-3-5-13/h1-11H. The van der Waals surface area contributed by atoms with E-state index >= 15 is 0 Å². The van der Waals surface area contributed by atoms with Gasteiger partial charge in [0.15, 0.2) is 5.65 Å². The van der Waals surface area contributed by atoms with E-state index in [0.717, 1.165) is 4.52 Å². The molecule has 0 N–H and O–H groups in total. The van der Waals surface area contributed by atoms with Crippen molar-refractivity contribution in [1.29, 1.82) is 0 Å². The van der Waals surface area contributed by atoms with E-state index < -0.39 is 17.8 Å². The smallest absolute Gasteiger partial charge is 0.220 e. The first-order chi connectivity index (χ1) is 12.4. The van der Waals surface area contributed by atoms with Crippen LogP contribution >= 0.6 is 0 Å². The molecule has 0 aliphatic rings. The number of benzene rings is 2. The van der Waals surface area contributed by atoms with Gasteiger partial charge in [0.2, 0.25) is 0 Å². The van der Waals surface area contributed by atoms with Crippen LogP contribution in [0.15, 0.2) is 66.9 Å². The van der Waals surface area contributed by atoms with Crippen LogP contribution in [0.1, 0.15) is 5.82 Å². The SMILES string of the molecule is Fc1ccc(-c2ccn3nc(C(F)(F)F)nc3c2-c2ccccc2)cc1. The summed E-state index contributed by atoms with van der Waals surface area (Å²) in [4.78, 5) is 3.72. The van der Waals surface area contributed by atoms with Gasteiger partial charge in [-0.3, -0.25) is 0 Å². The maximum atomic E-state index is 13.3. The molecule has 0 amide bonds. The van der Waals surface area contributed by atoms with Crippen molar-refractivity contribution in [3.8, 4) is 22.3 Å². The van der Waals surface area contributed by atoms with Gasteiger partial charge >= 0.3 is 6.18 Å². The molecule has 2 aromatic heterocycles. The van der Waals surface area contributed by atoms with Crippen LogP contribution in [0.25, 0.3) is 27.9 Å². The van der Waals surface area contributed by atoms with E-state index in [4.69, 9.17) is 0 Å². The number of alkyl halides is 3. The van der Waals surface area contributed by atoms with E-state index in [9.17, 15) is 17.6 Å². The number of halogens is 4. The number of pyridine rings is 1. The van der Waals surface area contributed by atoms with Crippen molar-refractivity contribution in [3.05, 3.63) is 78.5 Å². The molecule has 0 unspecified atom stereocenters. The van der Waals surface area contributed by atoms with Crippen molar-refractivity contribution in [2.75, 3.05) is 0 Å². The average Bonchev–Trinajstić information content (AvgIpc) is 3.07. The number of nitrogens with zero attached hydrogens (tertiary/aromatic N) is 3. The summed E-state index contributed by atoms with van der Waals surface area (Å²) in [6, 6.07) is 16.4. The van der Waals surface area contributed by atoms with E-state index in [1.807, 2.05) is 6.07 Å². The zero-order chi connectivity index (χ0) is 18.3. The Balaban J connectivity index is 2.04. The lowest BCUT2D eigenvalue weighted by atomic mass is 9.96. The fourth-order valence-electron chi connectivity index (χ4n) is 2.83. The van der Waals surface area contributed by atoms with Gasteiger partial charge in [0.05, 0.1) is 0 Å². The van der Waals surface area contributed by atoms with Gasteiger partial charge in [0, 0.05) is 11.8 Å². The predicted octanol–water partition coefficient (Wildman–Crippen LogP) is 5.22. The number of rotatable bonds is 2. The Kier molecular flexibility index (Phi) is 3.72. The molecule has 0 saturated carbocycles. The molecule has 130 valence electrons. The zero-order valence-corrected chi connectivity index (χ0v) is 13.2. The first-order valence-electron chi connectivity index (χ1n) is 7.71. The molecule has 2 aromatic carbocycles. The molecule has 0 aliphatic carbocycles. The van der Waals surface area contributed by atoms with Crippen molar-refractivity contribution in [1.82, 2.24) is 14.6 Å². The second-order valence-electron chi connectivity index (χ2n) is 5.68. The highest BCUT2D eigenvalue weighted by molar-refractivity contribution is 5.91. The lowest BCUT2D eigenvalue weighted by Gasteiger charge is -2.11. The van der Waals surface area contributed by atoms with Crippen molar-refractivity contribution in [3.63, 3.8) is 0 Å². The Morgan fingerprint density at radius 3 is 2.15 bits per heavy atom. The van der Waals surface area contributed by atoms with Crippen LogP contribution < -0.4 is 0 Å². The molecule has 0 atom stereocenters. The molecule has 0 radical (unpaired) electrons. The molecule has 3 nitrogen and oxygen atoms in total. The van der Waals surface area contributed by atoms with Gasteiger partial charge in [-0.1, -0.05) is 42.5 Å². The first-order valence-corrected chi connectivity index (χ1v) is 7.71. The summed E-state index contributed by atoms with van der Waals surface area (Å²) in [6.45, 7) is 0. The quantitative estimate of drug-likeness (QED) is 0.460. The highest BCUT2D eigenvalue weighted by Crippen LogP contribution is 2.36. The minimum atomic E-state index is -4.64. The summed E-state index contributed by atoms with van der Waals surface area (Å²) in [5.74, 6) is -1.59. The van der Waals surface area contributed by atoms with E-state index in [1.165, 1.54) is 18.3 Å². The van der Waals surface area contributed by atoms with E-state index in [-0.39, 0.29) is 5.65 Å². The Morgan fingerprint density at radius 2 is 1.50 bits per heavy atom. The molecule has 4 aromatic rings. The van der Waals surface area contributed by atoms with Gasteiger partial charge in [-0.25, -0.2) is 13.9 Å². The van der Waals surface area contributed by atoms with Crippen LogP contribution in [0.3, 0.4) is 0 Å². The zero-order valence-electron chi connectivity index (χ0n) is 13.2. The second kappa shape index (κ2) is 5.94. The predicted molar refractivity (Wildman–Crippen MR) is 88.8 cm³/mol. The van der Waals surface area contributed by atoms with Crippen LogP contribution in [-0.4, -0.2) is 14.6 Å². The summed E-state index contributed by atoms with van der Waals surface area (Å²) < 4.78 is 53.5. The van der Waals surface area contributed by atoms with Crippen molar-refractivity contribution >= 4 is 5.65 Å². The van der Waals surface area contributed by atoms with Gasteiger partial charge in [-0.15, -0.1) is 5.10 Å². The van der Waals surface area contributed by atoms with Crippen LogP contribution in [-0.2, 0) is 6.18 Å². The second-order valence-corrected chi connectivity index (χ2v) is 5.68. The number of hydrogen-bond acceptors (Lipinski definition) is 2.